The van der Waals surface area contributed by atoms with Gasteiger partial charge in [0.15, 0.2) is 11.5 Å². The Labute approximate surface area is 224 Å². The third kappa shape index (κ3) is 4.50. The quantitative estimate of drug-likeness (QED) is 0.203. The summed E-state index contributed by atoms with van der Waals surface area (Å²) in [6.07, 6.45) is 1.53. The Morgan fingerprint density at radius 2 is 1.64 bits per heavy atom. The molecule has 1 N–H and O–H groups in total. The molecular weight excluding hydrogens is 588 g/mol. The molecule has 0 bridgehead atoms. The van der Waals surface area contributed by atoms with E-state index in [0.717, 1.165) is 16.3 Å². The third-order valence-corrected chi connectivity index (χ3v) is 7.98. The van der Waals surface area contributed by atoms with Crippen LogP contribution in [0, 0.1) is 0 Å². The van der Waals surface area contributed by atoms with Gasteiger partial charge in [0, 0.05) is 4.47 Å². The predicted molar refractivity (Wildman–Crippen MR) is 147 cm³/mol. The van der Waals surface area contributed by atoms with Crippen LogP contribution in [0.25, 0.3) is 16.8 Å². The molecule has 1 aliphatic rings. The van der Waals surface area contributed by atoms with Gasteiger partial charge in [-0.05, 0) is 78.0 Å². The number of rotatable bonds is 6. The zero-order valence-corrected chi connectivity index (χ0v) is 22.3. The summed E-state index contributed by atoms with van der Waals surface area (Å²) in [6, 6.07) is 24.9. The van der Waals surface area contributed by atoms with E-state index < -0.39 is 11.8 Å². The van der Waals surface area contributed by atoms with Gasteiger partial charge in [-0.3, -0.25) is 15.0 Å². The summed E-state index contributed by atoms with van der Waals surface area (Å²) in [5, 5.41) is 3.48. The minimum absolute atomic E-state index is 0.0120. The van der Waals surface area contributed by atoms with E-state index in [2.05, 4.69) is 55.5 Å². The highest BCUT2D eigenvalue weighted by Crippen LogP contribution is 2.44. The number of hydrogen-bond acceptors (Lipinski definition) is 4. The maximum atomic E-state index is 13.0. The van der Waals surface area contributed by atoms with Crippen molar-refractivity contribution in [1.29, 1.82) is 0 Å². The third-order valence-electron chi connectivity index (χ3n) is 5.83. The fraction of sp³-hybridized carbons (Fsp3) is 0.0714. The summed E-state index contributed by atoms with van der Waals surface area (Å²) in [4.78, 5) is 25.6. The lowest BCUT2D eigenvalue weighted by atomic mass is 10.1. The minimum atomic E-state index is -0.484. The van der Waals surface area contributed by atoms with Crippen LogP contribution < -0.4 is 19.9 Å². The zero-order valence-electron chi connectivity index (χ0n) is 19.1. The van der Waals surface area contributed by atoms with E-state index >= 15 is 0 Å². The average Bonchev–Trinajstić information content (AvgIpc) is 3.19. The first kappa shape index (κ1) is 24.1. The van der Waals surface area contributed by atoms with Gasteiger partial charge in [0.25, 0.3) is 11.8 Å². The van der Waals surface area contributed by atoms with Crippen LogP contribution in [0.2, 0.25) is 0 Å². The summed E-state index contributed by atoms with van der Waals surface area (Å²) in [5.41, 5.74) is 4.83. The average molecular weight is 608 g/mol. The number of carbonyl (C=O) groups is 2. The van der Waals surface area contributed by atoms with Crippen LogP contribution in [0.3, 0.4) is 0 Å². The molecule has 2 amide bonds. The molecule has 5 rings (SSSR count). The van der Waals surface area contributed by atoms with Gasteiger partial charge in [0.2, 0.25) is 0 Å². The van der Waals surface area contributed by atoms with Gasteiger partial charge >= 0.3 is 0 Å². The molecule has 36 heavy (non-hydrogen) atoms. The molecule has 4 aromatic carbocycles. The topological polar surface area (TPSA) is 67.9 Å². The number of anilines is 1. The first-order valence-corrected chi connectivity index (χ1v) is 12.6. The number of benzene rings is 4. The van der Waals surface area contributed by atoms with Crippen molar-refractivity contribution in [1.82, 2.24) is 5.43 Å². The number of hydrazine groups is 1. The smallest absolute Gasteiger partial charge is 0.282 e. The molecule has 0 radical (unpaired) electrons. The SMILES string of the molecule is COc1cc(/C=C2/C(=O)NN(c3ccccc3)C2=O)c(Br)c(Br)c1OCc1cccc2ccccc12. The van der Waals surface area contributed by atoms with Crippen LogP contribution in [0.4, 0.5) is 5.69 Å². The first-order chi connectivity index (χ1) is 17.5. The summed E-state index contributed by atoms with van der Waals surface area (Å²) in [7, 11) is 1.54. The molecule has 1 aliphatic heterocycles. The molecule has 0 aliphatic carbocycles. The van der Waals surface area contributed by atoms with E-state index in [-0.39, 0.29) is 5.57 Å². The summed E-state index contributed by atoms with van der Waals surface area (Å²) in [5.74, 6) is 0.0436. The van der Waals surface area contributed by atoms with Crippen LogP contribution in [-0.4, -0.2) is 18.9 Å². The van der Waals surface area contributed by atoms with Gasteiger partial charge in [-0.15, -0.1) is 0 Å². The lowest BCUT2D eigenvalue weighted by molar-refractivity contribution is -0.117. The number of halogens is 2. The van der Waals surface area contributed by atoms with Crippen molar-refractivity contribution in [2.24, 2.45) is 0 Å². The Morgan fingerprint density at radius 3 is 2.42 bits per heavy atom. The van der Waals surface area contributed by atoms with E-state index in [1.807, 2.05) is 30.3 Å². The Morgan fingerprint density at radius 1 is 0.917 bits per heavy atom. The second-order valence-corrected chi connectivity index (χ2v) is 9.61. The van der Waals surface area contributed by atoms with E-state index in [0.29, 0.717) is 38.3 Å². The lowest BCUT2D eigenvalue weighted by Crippen LogP contribution is -2.35. The second-order valence-electron chi connectivity index (χ2n) is 8.03. The summed E-state index contributed by atoms with van der Waals surface area (Å²) in [6.45, 7) is 0.329. The van der Waals surface area contributed by atoms with Crippen LogP contribution in [0.15, 0.2) is 93.4 Å². The molecule has 4 aromatic rings. The van der Waals surface area contributed by atoms with Gasteiger partial charge in [0.05, 0.1) is 17.3 Å². The zero-order chi connectivity index (χ0) is 25.2. The van der Waals surface area contributed by atoms with Crippen molar-refractivity contribution in [2.45, 2.75) is 6.61 Å². The molecule has 0 spiro atoms. The molecule has 8 heteroatoms. The Hall–Kier alpha value is -3.62. The fourth-order valence-electron chi connectivity index (χ4n) is 4.04. The van der Waals surface area contributed by atoms with Crippen LogP contribution in [-0.2, 0) is 16.2 Å². The van der Waals surface area contributed by atoms with E-state index in [1.165, 1.54) is 11.1 Å². The van der Waals surface area contributed by atoms with Crippen molar-refractivity contribution < 1.29 is 19.1 Å². The van der Waals surface area contributed by atoms with Crippen molar-refractivity contribution in [3.63, 3.8) is 0 Å². The molecule has 180 valence electrons. The minimum Gasteiger partial charge on any atom is -0.493 e. The Balaban J connectivity index is 1.46. The molecule has 1 heterocycles. The Kier molecular flexibility index (Phi) is 6.80. The van der Waals surface area contributed by atoms with Gasteiger partial charge in [-0.1, -0.05) is 60.7 Å². The maximum Gasteiger partial charge on any atom is 0.282 e. The molecule has 0 atom stereocenters. The van der Waals surface area contributed by atoms with E-state index in [1.54, 1.807) is 37.4 Å². The van der Waals surface area contributed by atoms with Gasteiger partial charge in [0.1, 0.15) is 12.2 Å². The monoisotopic (exact) mass is 606 g/mol. The molecule has 1 fully saturated rings. The van der Waals surface area contributed by atoms with Crippen LogP contribution in [0.1, 0.15) is 11.1 Å². The van der Waals surface area contributed by atoms with Crippen molar-refractivity contribution in [2.75, 3.05) is 12.1 Å². The largest absolute Gasteiger partial charge is 0.493 e. The molecule has 1 saturated heterocycles. The number of methoxy groups -OCH3 is 1. The number of hydrogen-bond donors (Lipinski definition) is 1. The van der Waals surface area contributed by atoms with Crippen LogP contribution in [0.5, 0.6) is 11.5 Å². The standard InChI is InChI=1S/C28H20Br2N2O4/c1-35-23-15-19(14-22-27(33)31-32(28(22)34)20-11-3-2-4-12-20)24(29)25(30)26(23)36-16-18-10-7-9-17-8-5-6-13-21(17)18/h2-15H,16H2,1H3,(H,31,33)/b22-14-. The molecule has 0 unspecified atom stereocenters. The first-order valence-electron chi connectivity index (χ1n) is 11.1. The van der Waals surface area contributed by atoms with Gasteiger partial charge in [-0.25, -0.2) is 5.01 Å². The van der Waals surface area contributed by atoms with E-state index in [9.17, 15) is 9.59 Å². The summed E-state index contributed by atoms with van der Waals surface area (Å²) < 4.78 is 13.0. The number of nitrogens with zero attached hydrogens (tertiary/aromatic N) is 1. The number of nitrogens with one attached hydrogen (secondary N) is 1. The molecule has 6 nitrogen and oxygen atoms in total. The van der Waals surface area contributed by atoms with Gasteiger partial charge in [-0.2, -0.15) is 0 Å². The predicted octanol–water partition coefficient (Wildman–Crippen LogP) is 6.41. The molecular formula is C28H20Br2N2O4. The highest BCUT2D eigenvalue weighted by Gasteiger charge is 2.34. The van der Waals surface area contributed by atoms with Gasteiger partial charge < -0.3 is 9.47 Å². The lowest BCUT2D eigenvalue weighted by Gasteiger charge is -2.16. The number of para-hydroxylation sites is 1. The van der Waals surface area contributed by atoms with Crippen molar-refractivity contribution in [3.05, 3.63) is 105 Å². The van der Waals surface area contributed by atoms with E-state index in [4.69, 9.17) is 9.47 Å². The number of fused-ring (bicyclic) bond motifs is 1. The highest BCUT2D eigenvalue weighted by molar-refractivity contribution is 9.13. The highest BCUT2D eigenvalue weighted by atomic mass is 79.9. The molecule has 0 aromatic heterocycles. The molecule has 0 saturated carbocycles. The van der Waals surface area contributed by atoms with Crippen molar-refractivity contribution in [3.8, 4) is 11.5 Å². The normalized spacial score (nSPS) is 14.4. The maximum absolute atomic E-state index is 13.0. The Bertz CT molecular complexity index is 1510. The fourth-order valence-corrected chi connectivity index (χ4v) is 4.98. The number of amides is 2. The second kappa shape index (κ2) is 10.2. The number of ether oxygens (including phenoxy) is 2. The van der Waals surface area contributed by atoms with Crippen molar-refractivity contribution >= 4 is 66.2 Å². The number of carbonyl (C=O) groups excluding carboxylic acids is 2. The summed E-state index contributed by atoms with van der Waals surface area (Å²) >= 11 is 7.18. The van der Waals surface area contributed by atoms with Crippen LogP contribution >= 0.6 is 31.9 Å².